The predicted molar refractivity (Wildman–Crippen MR) is 75.6 cm³/mol. The third-order valence-corrected chi connectivity index (χ3v) is 3.88. The predicted octanol–water partition coefficient (Wildman–Crippen LogP) is 5.22. The summed E-state index contributed by atoms with van der Waals surface area (Å²) < 4.78 is 38.3. The maximum atomic E-state index is 12.8. The van der Waals surface area contributed by atoms with Crippen LogP contribution in [-0.4, -0.2) is 10.1 Å². The first-order valence-electron chi connectivity index (χ1n) is 5.56. The zero-order chi connectivity index (χ0) is 15.8. The highest BCUT2D eigenvalue weighted by Gasteiger charge is 2.34. The van der Waals surface area contributed by atoms with E-state index in [4.69, 9.17) is 39.9 Å². The molecule has 2 rings (SSSR count). The van der Waals surface area contributed by atoms with E-state index in [9.17, 15) is 13.2 Å². The van der Waals surface area contributed by atoms with Crippen molar-refractivity contribution >= 4 is 34.8 Å². The van der Waals surface area contributed by atoms with Gasteiger partial charge in [-0.25, -0.2) is 0 Å². The fourth-order valence-corrected chi connectivity index (χ4v) is 2.50. The van der Waals surface area contributed by atoms with Gasteiger partial charge in [-0.15, -0.1) is 0 Å². The van der Waals surface area contributed by atoms with Crippen molar-refractivity contribution in [2.24, 2.45) is 0 Å². The van der Waals surface area contributed by atoms with Crippen LogP contribution in [0.15, 0.2) is 24.4 Å². The standard InChI is InChI=1S/C13H7Cl3F3NO/c14-8-1-2-9(15)12(16)11(8)10-3-6(5-21)7(4-20-10)13(17,18)19/h1-4,21H,5H2. The van der Waals surface area contributed by atoms with E-state index in [0.717, 1.165) is 6.07 Å². The Kier molecular flexibility index (Phi) is 4.68. The van der Waals surface area contributed by atoms with Crippen LogP contribution in [0.3, 0.4) is 0 Å². The first kappa shape index (κ1) is 16.4. The van der Waals surface area contributed by atoms with Crippen LogP contribution >= 0.6 is 34.8 Å². The van der Waals surface area contributed by atoms with Crippen molar-refractivity contribution in [3.63, 3.8) is 0 Å². The second-order valence-corrected chi connectivity index (χ2v) is 5.29. The van der Waals surface area contributed by atoms with Gasteiger partial charge in [-0.3, -0.25) is 4.98 Å². The van der Waals surface area contributed by atoms with Crippen molar-refractivity contribution in [1.29, 1.82) is 0 Å². The lowest BCUT2D eigenvalue weighted by molar-refractivity contribution is -0.138. The topological polar surface area (TPSA) is 33.1 Å². The summed E-state index contributed by atoms with van der Waals surface area (Å²) in [6.45, 7) is -0.792. The van der Waals surface area contributed by atoms with Crippen molar-refractivity contribution < 1.29 is 18.3 Å². The zero-order valence-electron chi connectivity index (χ0n) is 10.2. The van der Waals surface area contributed by atoms with Gasteiger partial charge in [0.25, 0.3) is 0 Å². The van der Waals surface area contributed by atoms with Gasteiger partial charge >= 0.3 is 6.18 Å². The molecule has 1 heterocycles. The molecule has 8 heteroatoms. The number of halogens is 6. The van der Waals surface area contributed by atoms with E-state index in [2.05, 4.69) is 4.98 Å². The van der Waals surface area contributed by atoms with Crippen LogP contribution in [0.5, 0.6) is 0 Å². The van der Waals surface area contributed by atoms with Gasteiger partial charge in [-0.05, 0) is 23.8 Å². The number of aromatic nitrogens is 1. The smallest absolute Gasteiger partial charge is 0.392 e. The van der Waals surface area contributed by atoms with Gasteiger partial charge in [-0.1, -0.05) is 34.8 Å². The summed E-state index contributed by atoms with van der Waals surface area (Å²) in [7, 11) is 0. The summed E-state index contributed by atoms with van der Waals surface area (Å²) in [6.07, 6.45) is -3.97. The van der Waals surface area contributed by atoms with E-state index in [0.29, 0.717) is 6.20 Å². The van der Waals surface area contributed by atoms with E-state index < -0.39 is 18.3 Å². The van der Waals surface area contributed by atoms with Crippen LogP contribution in [0, 0.1) is 0 Å². The molecule has 0 aliphatic heterocycles. The Morgan fingerprint density at radius 3 is 2.29 bits per heavy atom. The number of alkyl halides is 3. The number of aliphatic hydroxyl groups excluding tert-OH is 1. The molecular weight excluding hydrogens is 350 g/mol. The SMILES string of the molecule is OCc1cc(-c2c(Cl)ccc(Cl)c2Cl)ncc1C(F)(F)F. The number of pyridine rings is 1. The van der Waals surface area contributed by atoms with Crippen molar-refractivity contribution in [3.8, 4) is 11.3 Å². The van der Waals surface area contributed by atoms with Crippen LogP contribution in [-0.2, 0) is 12.8 Å². The number of hydrogen-bond donors (Lipinski definition) is 1. The normalized spacial score (nSPS) is 11.8. The van der Waals surface area contributed by atoms with E-state index in [-0.39, 0.29) is 31.9 Å². The van der Waals surface area contributed by atoms with Gasteiger partial charge in [0, 0.05) is 11.8 Å². The highest BCUT2D eigenvalue weighted by atomic mass is 35.5. The van der Waals surface area contributed by atoms with Gasteiger partial charge in [-0.2, -0.15) is 13.2 Å². The molecule has 1 N–H and O–H groups in total. The number of aliphatic hydroxyl groups is 1. The lowest BCUT2D eigenvalue weighted by Gasteiger charge is -2.14. The Labute approximate surface area is 133 Å². The van der Waals surface area contributed by atoms with Crippen LogP contribution in [0.2, 0.25) is 15.1 Å². The maximum Gasteiger partial charge on any atom is 0.418 e. The zero-order valence-corrected chi connectivity index (χ0v) is 12.4. The third-order valence-electron chi connectivity index (χ3n) is 2.77. The molecule has 0 atom stereocenters. The molecule has 21 heavy (non-hydrogen) atoms. The minimum Gasteiger partial charge on any atom is -0.392 e. The quantitative estimate of drug-likeness (QED) is 0.748. The molecule has 0 aliphatic carbocycles. The fraction of sp³-hybridized carbons (Fsp3) is 0.154. The molecule has 112 valence electrons. The summed E-state index contributed by atoms with van der Waals surface area (Å²) in [5.41, 5.74) is -1.01. The van der Waals surface area contributed by atoms with Crippen LogP contribution in [0.4, 0.5) is 13.2 Å². The summed E-state index contributed by atoms with van der Waals surface area (Å²) in [5.74, 6) is 0. The van der Waals surface area contributed by atoms with Gasteiger partial charge < -0.3 is 5.11 Å². The Morgan fingerprint density at radius 1 is 1.10 bits per heavy atom. The van der Waals surface area contributed by atoms with Crippen molar-refractivity contribution in [1.82, 2.24) is 4.98 Å². The monoisotopic (exact) mass is 355 g/mol. The lowest BCUT2D eigenvalue weighted by atomic mass is 10.1. The molecule has 0 aliphatic rings. The summed E-state index contributed by atoms with van der Waals surface area (Å²) in [5, 5.41) is 9.60. The Balaban J connectivity index is 2.65. The second-order valence-electron chi connectivity index (χ2n) is 4.10. The lowest BCUT2D eigenvalue weighted by Crippen LogP contribution is -2.10. The first-order valence-corrected chi connectivity index (χ1v) is 6.70. The van der Waals surface area contributed by atoms with E-state index >= 15 is 0 Å². The van der Waals surface area contributed by atoms with Gasteiger partial charge in [0.05, 0.1) is 32.9 Å². The van der Waals surface area contributed by atoms with Gasteiger partial charge in [0.15, 0.2) is 0 Å². The molecule has 0 bridgehead atoms. The minimum atomic E-state index is -4.61. The van der Waals surface area contributed by atoms with Gasteiger partial charge in [0.1, 0.15) is 0 Å². The molecule has 0 spiro atoms. The summed E-state index contributed by atoms with van der Waals surface area (Å²) >= 11 is 17.9. The number of nitrogens with zero attached hydrogens (tertiary/aromatic N) is 1. The van der Waals surface area contributed by atoms with Crippen molar-refractivity contribution in [2.75, 3.05) is 0 Å². The molecule has 1 aromatic carbocycles. The number of benzene rings is 1. The van der Waals surface area contributed by atoms with Gasteiger partial charge in [0.2, 0.25) is 0 Å². The average Bonchev–Trinajstić information content (AvgIpc) is 2.42. The number of rotatable bonds is 2. The molecule has 0 saturated carbocycles. The molecule has 2 nitrogen and oxygen atoms in total. The van der Waals surface area contributed by atoms with E-state index in [1.807, 2.05) is 0 Å². The van der Waals surface area contributed by atoms with Crippen molar-refractivity contribution in [2.45, 2.75) is 12.8 Å². The summed E-state index contributed by atoms with van der Waals surface area (Å²) in [6, 6.07) is 4.02. The Hall–Kier alpha value is -1.01. The highest BCUT2D eigenvalue weighted by Crippen LogP contribution is 2.40. The molecule has 0 amide bonds. The first-order chi connectivity index (χ1) is 9.75. The average molecular weight is 357 g/mol. The second kappa shape index (κ2) is 6.01. The third kappa shape index (κ3) is 3.26. The van der Waals surface area contributed by atoms with Crippen molar-refractivity contribution in [3.05, 3.63) is 50.6 Å². The molecular formula is C13H7Cl3F3NO. The summed E-state index contributed by atoms with van der Waals surface area (Å²) in [4.78, 5) is 3.73. The van der Waals surface area contributed by atoms with E-state index in [1.165, 1.54) is 12.1 Å². The molecule has 1 aromatic heterocycles. The fourth-order valence-electron chi connectivity index (χ4n) is 1.78. The molecule has 0 fully saturated rings. The van der Waals surface area contributed by atoms with E-state index in [1.54, 1.807) is 0 Å². The molecule has 0 unspecified atom stereocenters. The largest absolute Gasteiger partial charge is 0.418 e. The molecule has 2 aromatic rings. The number of hydrogen-bond acceptors (Lipinski definition) is 2. The van der Waals surface area contributed by atoms with Crippen LogP contribution < -0.4 is 0 Å². The van der Waals surface area contributed by atoms with Crippen LogP contribution in [0.25, 0.3) is 11.3 Å². The van der Waals surface area contributed by atoms with Crippen LogP contribution in [0.1, 0.15) is 11.1 Å². The maximum absolute atomic E-state index is 12.8. The molecule has 0 radical (unpaired) electrons. The Morgan fingerprint density at radius 2 is 1.71 bits per heavy atom. The highest BCUT2D eigenvalue weighted by molar-refractivity contribution is 6.46. The minimum absolute atomic E-state index is 0.0836. The molecule has 0 saturated heterocycles. The Bertz CT molecular complexity index is 689.